The van der Waals surface area contributed by atoms with E-state index in [-0.39, 0.29) is 6.04 Å². The lowest BCUT2D eigenvalue weighted by molar-refractivity contribution is 0.612. The minimum absolute atomic E-state index is 0.110. The molecule has 3 rings (SSSR count). The molecule has 4 heteroatoms. The van der Waals surface area contributed by atoms with Crippen LogP contribution in [0.2, 0.25) is 0 Å². The Morgan fingerprint density at radius 1 is 0.900 bits per heavy atom. The molecule has 3 N–H and O–H groups in total. The predicted molar refractivity (Wildman–Crippen MR) is 79.2 cm³/mol. The van der Waals surface area contributed by atoms with Gasteiger partial charge >= 0.3 is 0 Å². The summed E-state index contributed by atoms with van der Waals surface area (Å²) in [5.74, 6) is 5.69. The zero-order valence-electron chi connectivity index (χ0n) is 11.0. The molecule has 1 atom stereocenters. The van der Waals surface area contributed by atoms with E-state index in [0.717, 1.165) is 16.9 Å². The first kappa shape index (κ1) is 12.6. The number of benzene rings is 2. The Kier molecular flexibility index (Phi) is 3.58. The lowest BCUT2D eigenvalue weighted by Gasteiger charge is -2.13. The Morgan fingerprint density at radius 3 is 2.20 bits per heavy atom. The van der Waals surface area contributed by atoms with Crippen molar-refractivity contribution >= 4 is 0 Å². The summed E-state index contributed by atoms with van der Waals surface area (Å²) in [5, 5.41) is 4.60. The van der Waals surface area contributed by atoms with Gasteiger partial charge in [0.1, 0.15) is 0 Å². The number of nitrogens with one attached hydrogen (secondary N) is 1. The van der Waals surface area contributed by atoms with Crippen LogP contribution >= 0.6 is 0 Å². The number of aromatic nitrogens is 2. The first-order valence-electron chi connectivity index (χ1n) is 6.50. The summed E-state index contributed by atoms with van der Waals surface area (Å²) in [7, 11) is 0. The summed E-state index contributed by atoms with van der Waals surface area (Å²) in [5.41, 5.74) is 5.84. The van der Waals surface area contributed by atoms with E-state index in [1.165, 1.54) is 0 Å². The van der Waals surface area contributed by atoms with E-state index in [1.54, 1.807) is 0 Å². The fourth-order valence-corrected chi connectivity index (χ4v) is 2.21. The average molecular weight is 264 g/mol. The molecule has 4 nitrogen and oxygen atoms in total. The SMILES string of the molecule is NNC(c1ccccc1)c1ccn(-c2ccccc2)n1. The summed E-state index contributed by atoms with van der Waals surface area (Å²) in [6.07, 6.45) is 1.94. The average Bonchev–Trinajstić information content (AvgIpc) is 3.00. The lowest BCUT2D eigenvalue weighted by Crippen LogP contribution is -2.29. The van der Waals surface area contributed by atoms with E-state index < -0.39 is 0 Å². The highest BCUT2D eigenvalue weighted by Crippen LogP contribution is 2.20. The molecule has 0 aliphatic heterocycles. The van der Waals surface area contributed by atoms with Gasteiger partial charge in [-0.3, -0.25) is 5.84 Å². The van der Waals surface area contributed by atoms with Gasteiger partial charge < -0.3 is 0 Å². The summed E-state index contributed by atoms with van der Waals surface area (Å²) >= 11 is 0. The first-order valence-corrected chi connectivity index (χ1v) is 6.50. The van der Waals surface area contributed by atoms with Gasteiger partial charge in [0.15, 0.2) is 0 Å². The van der Waals surface area contributed by atoms with Gasteiger partial charge in [-0.05, 0) is 23.8 Å². The summed E-state index contributed by atoms with van der Waals surface area (Å²) in [6.45, 7) is 0. The van der Waals surface area contributed by atoms with E-state index in [1.807, 2.05) is 77.6 Å². The second kappa shape index (κ2) is 5.69. The van der Waals surface area contributed by atoms with Gasteiger partial charge in [-0.1, -0.05) is 48.5 Å². The minimum atomic E-state index is -0.110. The van der Waals surface area contributed by atoms with Crippen LogP contribution in [0.5, 0.6) is 0 Å². The van der Waals surface area contributed by atoms with E-state index in [0.29, 0.717) is 0 Å². The Hall–Kier alpha value is -2.43. The predicted octanol–water partition coefficient (Wildman–Crippen LogP) is 2.42. The van der Waals surface area contributed by atoms with E-state index >= 15 is 0 Å². The van der Waals surface area contributed by atoms with Crippen molar-refractivity contribution in [3.63, 3.8) is 0 Å². The van der Waals surface area contributed by atoms with E-state index in [2.05, 4.69) is 10.5 Å². The number of rotatable bonds is 4. The molecule has 20 heavy (non-hydrogen) atoms. The Balaban J connectivity index is 1.93. The molecule has 0 amide bonds. The largest absolute Gasteiger partial charge is 0.271 e. The normalized spacial score (nSPS) is 12.2. The highest BCUT2D eigenvalue weighted by atomic mass is 15.3. The third-order valence-electron chi connectivity index (χ3n) is 3.23. The summed E-state index contributed by atoms with van der Waals surface area (Å²) in [4.78, 5) is 0. The van der Waals surface area contributed by atoms with Gasteiger partial charge in [-0.25, -0.2) is 10.1 Å². The third kappa shape index (κ3) is 2.47. The number of nitrogens with zero attached hydrogens (tertiary/aromatic N) is 2. The molecule has 0 spiro atoms. The number of hydrazine groups is 1. The Morgan fingerprint density at radius 2 is 1.55 bits per heavy atom. The Labute approximate surface area is 117 Å². The Bertz CT molecular complexity index is 661. The molecular weight excluding hydrogens is 248 g/mol. The molecule has 0 saturated carbocycles. The van der Waals surface area contributed by atoms with Gasteiger partial charge in [0.05, 0.1) is 17.4 Å². The zero-order chi connectivity index (χ0) is 13.8. The quantitative estimate of drug-likeness (QED) is 0.562. The van der Waals surface area contributed by atoms with Gasteiger partial charge in [0, 0.05) is 6.20 Å². The van der Waals surface area contributed by atoms with Crippen LogP contribution in [0.15, 0.2) is 72.9 Å². The van der Waals surface area contributed by atoms with Crippen LogP contribution in [-0.4, -0.2) is 9.78 Å². The minimum Gasteiger partial charge on any atom is -0.271 e. The zero-order valence-corrected chi connectivity index (χ0v) is 11.0. The topological polar surface area (TPSA) is 55.9 Å². The van der Waals surface area contributed by atoms with Crippen LogP contribution in [0.3, 0.4) is 0 Å². The molecule has 1 aromatic heterocycles. The first-order chi connectivity index (χ1) is 9.88. The number of nitrogens with two attached hydrogens (primary N) is 1. The van der Waals surface area contributed by atoms with Crippen molar-refractivity contribution in [2.24, 2.45) is 5.84 Å². The van der Waals surface area contributed by atoms with Crippen LogP contribution in [-0.2, 0) is 0 Å². The number of hydrogen-bond donors (Lipinski definition) is 2. The maximum absolute atomic E-state index is 5.69. The fraction of sp³-hybridized carbons (Fsp3) is 0.0625. The molecule has 0 saturated heterocycles. The van der Waals surface area contributed by atoms with Gasteiger partial charge in [-0.2, -0.15) is 5.10 Å². The van der Waals surface area contributed by atoms with Crippen LogP contribution in [0.1, 0.15) is 17.3 Å². The van der Waals surface area contributed by atoms with Crippen LogP contribution in [0, 0.1) is 0 Å². The van der Waals surface area contributed by atoms with Crippen LogP contribution in [0.4, 0.5) is 0 Å². The third-order valence-corrected chi connectivity index (χ3v) is 3.23. The smallest absolute Gasteiger partial charge is 0.0900 e. The molecule has 0 radical (unpaired) electrons. The molecule has 1 heterocycles. The summed E-state index contributed by atoms with van der Waals surface area (Å²) < 4.78 is 1.85. The maximum atomic E-state index is 5.69. The lowest BCUT2D eigenvalue weighted by atomic mass is 10.1. The standard InChI is InChI=1S/C16H16N4/c17-18-16(13-7-3-1-4-8-13)15-11-12-20(19-15)14-9-5-2-6-10-14/h1-12,16,18H,17H2. The molecule has 0 bridgehead atoms. The van der Waals surface area contributed by atoms with Gasteiger partial charge in [0.2, 0.25) is 0 Å². The van der Waals surface area contributed by atoms with E-state index in [9.17, 15) is 0 Å². The fourth-order valence-electron chi connectivity index (χ4n) is 2.21. The van der Waals surface area contributed by atoms with Crippen molar-refractivity contribution in [2.75, 3.05) is 0 Å². The second-order valence-corrected chi connectivity index (χ2v) is 4.53. The monoisotopic (exact) mass is 264 g/mol. The van der Waals surface area contributed by atoms with Crippen molar-refractivity contribution in [3.8, 4) is 5.69 Å². The molecular formula is C16H16N4. The molecule has 3 aromatic rings. The van der Waals surface area contributed by atoms with Crippen molar-refractivity contribution < 1.29 is 0 Å². The maximum Gasteiger partial charge on any atom is 0.0900 e. The van der Waals surface area contributed by atoms with Crippen molar-refractivity contribution in [2.45, 2.75) is 6.04 Å². The number of hydrogen-bond acceptors (Lipinski definition) is 3. The molecule has 2 aromatic carbocycles. The molecule has 0 aliphatic carbocycles. The summed E-state index contributed by atoms with van der Waals surface area (Å²) in [6, 6.07) is 21.9. The van der Waals surface area contributed by atoms with Crippen molar-refractivity contribution in [1.82, 2.24) is 15.2 Å². The van der Waals surface area contributed by atoms with Crippen molar-refractivity contribution in [3.05, 3.63) is 84.2 Å². The molecule has 1 unspecified atom stereocenters. The van der Waals surface area contributed by atoms with Crippen LogP contribution in [0.25, 0.3) is 5.69 Å². The second-order valence-electron chi connectivity index (χ2n) is 4.53. The highest BCUT2D eigenvalue weighted by Gasteiger charge is 2.15. The van der Waals surface area contributed by atoms with E-state index in [4.69, 9.17) is 5.84 Å². The molecule has 0 fully saturated rings. The highest BCUT2D eigenvalue weighted by molar-refractivity contribution is 5.32. The van der Waals surface area contributed by atoms with Crippen molar-refractivity contribution in [1.29, 1.82) is 0 Å². The molecule has 100 valence electrons. The van der Waals surface area contributed by atoms with Gasteiger partial charge in [0.25, 0.3) is 0 Å². The van der Waals surface area contributed by atoms with Gasteiger partial charge in [-0.15, -0.1) is 0 Å². The molecule has 0 aliphatic rings. The van der Waals surface area contributed by atoms with Crippen LogP contribution < -0.4 is 11.3 Å². The number of para-hydroxylation sites is 1.